The Morgan fingerprint density at radius 2 is 2.28 bits per heavy atom. The van der Waals surface area contributed by atoms with Gasteiger partial charge in [-0.3, -0.25) is 10.1 Å². The van der Waals surface area contributed by atoms with Crippen molar-refractivity contribution in [3.05, 3.63) is 39.4 Å². The van der Waals surface area contributed by atoms with E-state index >= 15 is 0 Å². The van der Waals surface area contributed by atoms with Gasteiger partial charge in [0, 0.05) is 21.8 Å². The molecular weight excluding hydrogens is 278 g/mol. The second-order valence-electron chi connectivity index (χ2n) is 3.52. The topological polar surface area (TPSA) is 69.4 Å². The van der Waals surface area contributed by atoms with E-state index in [1.165, 1.54) is 6.92 Å². The molecule has 0 aliphatic heterocycles. The average Bonchev–Trinajstić information content (AvgIpc) is 2.28. The molecule has 0 heterocycles. The first-order valence-electron chi connectivity index (χ1n) is 5.16. The molecule has 7 heteroatoms. The maximum Gasteiger partial charge on any atom is 0.396 e. The van der Waals surface area contributed by atoms with Gasteiger partial charge in [-0.25, -0.2) is 4.79 Å². The van der Waals surface area contributed by atoms with Gasteiger partial charge in [0.25, 0.3) is 0 Å². The first-order valence-corrected chi connectivity index (χ1v) is 6.36. The number of nitrogens with zero attached hydrogens (tertiary/aromatic N) is 1. The Morgan fingerprint density at radius 1 is 1.61 bits per heavy atom. The number of carbonyl (C=O) groups is 1. The first-order chi connectivity index (χ1) is 8.40. The summed E-state index contributed by atoms with van der Waals surface area (Å²) in [5.41, 5.74) is 0. The lowest BCUT2D eigenvalue weighted by Gasteiger charge is -2.18. The Bertz CT molecular complexity index is 468. The number of ether oxygens (including phenoxy) is 1. The van der Waals surface area contributed by atoms with Crippen LogP contribution < -0.4 is 0 Å². The van der Waals surface area contributed by atoms with Gasteiger partial charge in [-0.05, 0) is 36.9 Å². The van der Waals surface area contributed by atoms with Gasteiger partial charge in [0.05, 0.1) is 6.61 Å². The SMILES string of the molecule is CCOC(=O)C(C)(Sc1cccc(Cl)c1)[N+](=O)[O-]. The van der Waals surface area contributed by atoms with Gasteiger partial charge in [-0.15, -0.1) is 0 Å². The summed E-state index contributed by atoms with van der Waals surface area (Å²) < 4.78 is 4.74. The number of benzene rings is 1. The number of hydrogen-bond donors (Lipinski definition) is 0. The van der Waals surface area contributed by atoms with Gasteiger partial charge in [0.15, 0.2) is 0 Å². The van der Waals surface area contributed by atoms with Crippen molar-refractivity contribution in [1.29, 1.82) is 0 Å². The number of esters is 1. The molecule has 0 radical (unpaired) electrons. The lowest BCUT2D eigenvalue weighted by atomic mass is 10.3. The Morgan fingerprint density at radius 3 is 2.78 bits per heavy atom. The summed E-state index contributed by atoms with van der Waals surface area (Å²) in [7, 11) is 0. The molecule has 0 bridgehead atoms. The van der Waals surface area contributed by atoms with Gasteiger partial charge in [0.2, 0.25) is 0 Å². The maximum atomic E-state index is 11.7. The smallest absolute Gasteiger partial charge is 0.396 e. The van der Waals surface area contributed by atoms with E-state index < -0.39 is 15.8 Å². The Kier molecular flexibility index (Phi) is 4.98. The molecule has 0 saturated heterocycles. The summed E-state index contributed by atoms with van der Waals surface area (Å²) in [5, 5.41) is 11.5. The molecule has 0 aromatic heterocycles. The van der Waals surface area contributed by atoms with Gasteiger partial charge in [0.1, 0.15) is 0 Å². The standard InChI is InChI=1S/C11H12ClNO4S/c1-3-17-10(14)11(2,13(15)16)18-9-6-4-5-8(12)7-9/h4-7H,3H2,1-2H3. The van der Waals surface area contributed by atoms with Crippen molar-refractivity contribution in [3.8, 4) is 0 Å². The summed E-state index contributed by atoms with van der Waals surface area (Å²) in [4.78, 5) is 20.8. The molecule has 0 fully saturated rings. The van der Waals surface area contributed by atoms with E-state index in [1.807, 2.05) is 0 Å². The van der Waals surface area contributed by atoms with E-state index in [4.69, 9.17) is 16.3 Å². The first kappa shape index (κ1) is 14.8. The Balaban J connectivity index is 3.00. The summed E-state index contributed by atoms with van der Waals surface area (Å²) in [5.74, 6) is -0.875. The normalized spacial score (nSPS) is 13.7. The highest BCUT2D eigenvalue weighted by molar-refractivity contribution is 8.01. The summed E-state index contributed by atoms with van der Waals surface area (Å²) in [6.07, 6.45) is 0. The Hall–Kier alpha value is -1.27. The highest BCUT2D eigenvalue weighted by Crippen LogP contribution is 2.35. The minimum absolute atomic E-state index is 0.0956. The summed E-state index contributed by atoms with van der Waals surface area (Å²) in [6, 6.07) is 6.53. The van der Waals surface area contributed by atoms with Crippen molar-refractivity contribution >= 4 is 29.3 Å². The fourth-order valence-corrected chi connectivity index (χ4v) is 2.44. The molecule has 0 aliphatic carbocycles. The lowest BCUT2D eigenvalue weighted by Crippen LogP contribution is -2.41. The number of halogens is 1. The van der Waals surface area contributed by atoms with Crippen LogP contribution in [0.15, 0.2) is 29.2 Å². The van der Waals surface area contributed by atoms with E-state index in [0.717, 1.165) is 11.8 Å². The van der Waals surface area contributed by atoms with E-state index in [1.54, 1.807) is 31.2 Å². The fourth-order valence-electron chi connectivity index (χ4n) is 1.18. The van der Waals surface area contributed by atoms with Crippen LogP contribution in [-0.4, -0.2) is 22.4 Å². The molecule has 1 atom stereocenters. The van der Waals surface area contributed by atoms with Crippen LogP contribution in [0.3, 0.4) is 0 Å². The van der Waals surface area contributed by atoms with Crippen molar-refractivity contribution in [3.63, 3.8) is 0 Å². The maximum absolute atomic E-state index is 11.7. The van der Waals surface area contributed by atoms with Crippen molar-refractivity contribution in [2.75, 3.05) is 6.61 Å². The summed E-state index contributed by atoms with van der Waals surface area (Å²) in [6.45, 7) is 2.91. The van der Waals surface area contributed by atoms with Gasteiger partial charge < -0.3 is 4.74 Å². The van der Waals surface area contributed by atoms with Crippen LogP contribution in [0.4, 0.5) is 0 Å². The van der Waals surface area contributed by atoms with Crippen molar-refractivity contribution in [2.45, 2.75) is 23.6 Å². The minimum atomic E-state index is -1.87. The number of rotatable bonds is 5. The van der Waals surface area contributed by atoms with Crippen LogP contribution in [0.2, 0.25) is 5.02 Å². The molecular formula is C11H12ClNO4S. The van der Waals surface area contributed by atoms with E-state index in [0.29, 0.717) is 9.92 Å². The average molecular weight is 290 g/mol. The van der Waals surface area contributed by atoms with Crippen LogP contribution in [0, 0.1) is 10.1 Å². The van der Waals surface area contributed by atoms with Crippen LogP contribution in [-0.2, 0) is 9.53 Å². The van der Waals surface area contributed by atoms with Crippen LogP contribution in [0.25, 0.3) is 0 Å². The predicted molar refractivity (Wildman–Crippen MR) is 69.3 cm³/mol. The molecule has 1 aromatic rings. The van der Waals surface area contributed by atoms with Gasteiger partial charge in [-0.1, -0.05) is 17.7 Å². The molecule has 0 N–H and O–H groups in total. The molecule has 0 aliphatic rings. The monoisotopic (exact) mass is 289 g/mol. The zero-order valence-corrected chi connectivity index (χ0v) is 11.5. The minimum Gasteiger partial charge on any atom is -0.460 e. The number of thioether (sulfide) groups is 1. The fraction of sp³-hybridized carbons (Fsp3) is 0.364. The van der Waals surface area contributed by atoms with Gasteiger partial charge in [-0.2, -0.15) is 0 Å². The second kappa shape index (κ2) is 6.06. The molecule has 98 valence electrons. The molecule has 18 heavy (non-hydrogen) atoms. The third-order valence-electron chi connectivity index (χ3n) is 2.12. The highest BCUT2D eigenvalue weighted by atomic mass is 35.5. The third-order valence-corrected chi connectivity index (χ3v) is 3.55. The quantitative estimate of drug-likeness (QED) is 0.274. The molecule has 1 rings (SSSR count). The van der Waals surface area contributed by atoms with Crippen molar-refractivity contribution in [2.24, 2.45) is 0 Å². The molecule has 0 spiro atoms. The highest BCUT2D eigenvalue weighted by Gasteiger charge is 2.49. The van der Waals surface area contributed by atoms with E-state index in [-0.39, 0.29) is 6.61 Å². The molecule has 5 nitrogen and oxygen atoms in total. The zero-order chi connectivity index (χ0) is 13.8. The second-order valence-corrected chi connectivity index (χ2v) is 5.43. The zero-order valence-electron chi connectivity index (χ0n) is 9.88. The van der Waals surface area contributed by atoms with E-state index in [2.05, 4.69) is 0 Å². The van der Waals surface area contributed by atoms with Crippen molar-refractivity contribution in [1.82, 2.24) is 0 Å². The Labute approximate surface area is 114 Å². The van der Waals surface area contributed by atoms with Crippen molar-refractivity contribution < 1.29 is 14.5 Å². The van der Waals surface area contributed by atoms with E-state index in [9.17, 15) is 14.9 Å². The van der Waals surface area contributed by atoms with Crippen LogP contribution in [0.1, 0.15) is 13.8 Å². The third kappa shape index (κ3) is 3.36. The molecule has 0 saturated carbocycles. The molecule has 1 unspecified atom stereocenters. The number of carbonyl (C=O) groups excluding carboxylic acids is 1. The largest absolute Gasteiger partial charge is 0.460 e. The lowest BCUT2D eigenvalue weighted by molar-refractivity contribution is -0.520. The van der Waals surface area contributed by atoms with Crippen LogP contribution >= 0.6 is 23.4 Å². The van der Waals surface area contributed by atoms with Gasteiger partial charge >= 0.3 is 10.8 Å². The number of hydrogen-bond acceptors (Lipinski definition) is 5. The number of nitro groups is 1. The summed E-state index contributed by atoms with van der Waals surface area (Å²) >= 11 is 6.60. The predicted octanol–water partition coefficient (Wildman–Crippen LogP) is 2.99. The van der Waals surface area contributed by atoms with Crippen LogP contribution in [0.5, 0.6) is 0 Å². The molecule has 1 aromatic carbocycles. The molecule has 0 amide bonds.